The van der Waals surface area contributed by atoms with Crippen molar-refractivity contribution in [1.29, 1.82) is 0 Å². The van der Waals surface area contributed by atoms with Crippen LogP contribution in [0.3, 0.4) is 0 Å². The average Bonchev–Trinajstić information content (AvgIpc) is 2.30. The van der Waals surface area contributed by atoms with Gasteiger partial charge in [-0.2, -0.15) is 0 Å². The van der Waals surface area contributed by atoms with Crippen LogP contribution >= 0.6 is 0 Å². The first-order valence-corrected chi connectivity index (χ1v) is 6.50. The van der Waals surface area contributed by atoms with Gasteiger partial charge in [-0.15, -0.1) is 0 Å². The van der Waals surface area contributed by atoms with Crippen LogP contribution in [0.15, 0.2) is 0 Å². The lowest BCUT2D eigenvalue weighted by molar-refractivity contribution is -0.144. The molecule has 0 spiro atoms. The maximum Gasteiger partial charge on any atom is 0.326 e. The van der Waals surface area contributed by atoms with Gasteiger partial charge < -0.3 is 15.7 Å². The van der Waals surface area contributed by atoms with Crippen LogP contribution in [0.4, 0.5) is 0 Å². The SMILES string of the molecule is CC[C@@H](C)[C@H](NC(=O)[C@H](NC(C)=O)C(C)C)C(=O)O. The number of carbonyl (C=O) groups excluding carboxylic acids is 2. The number of nitrogens with one attached hydrogen (secondary N) is 2. The van der Waals surface area contributed by atoms with E-state index >= 15 is 0 Å². The van der Waals surface area contributed by atoms with E-state index in [4.69, 9.17) is 5.11 Å². The highest BCUT2D eigenvalue weighted by Crippen LogP contribution is 2.10. The molecule has 0 aromatic carbocycles. The first-order chi connectivity index (χ1) is 8.70. The van der Waals surface area contributed by atoms with Crippen LogP contribution in [-0.4, -0.2) is 35.0 Å². The monoisotopic (exact) mass is 272 g/mol. The molecular weight excluding hydrogens is 248 g/mol. The molecule has 0 aliphatic carbocycles. The number of carbonyl (C=O) groups is 3. The summed E-state index contributed by atoms with van der Waals surface area (Å²) < 4.78 is 0. The first kappa shape index (κ1) is 17.4. The highest BCUT2D eigenvalue weighted by molar-refractivity contribution is 5.90. The Balaban J connectivity index is 4.85. The van der Waals surface area contributed by atoms with Gasteiger partial charge in [-0.3, -0.25) is 9.59 Å². The van der Waals surface area contributed by atoms with E-state index in [1.165, 1.54) is 6.92 Å². The van der Waals surface area contributed by atoms with Gasteiger partial charge in [0.05, 0.1) is 0 Å². The summed E-state index contributed by atoms with van der Waals surface area (Å²) in [5, 5.41) is 14.2. The van der Waals surface area contributed by atoms with Crippen LogP contribution in [0.1, 0.15) is 41.0 Å². The summed E-state index contributed by atoms with van der Waals surface area (Å²) in [6, 6.07) is -1.66. The number of carboxylic acids is 1. The van der Waals surface area contributed by atoms with Gasteiger partial charge in [0.2, 0.25) is 11.8 Å². The predicted molar refractivity (Wildman–Crippen MR) is 71.5 cm³/mol. The Kier molecular flexibility index (Phi) is 7.11. The topological polar surface area (TPSA) is 95.5 Å². The Bertz CT molecular complexity index is 342. The van der Waals surface area contributed by atoms with Gasteiger partial charge in [-0.1, -0.05) is 34.1 Å². The number of carboxylic acid groups (broad SMARTS) is 1. The molecule has 2 amide bonds. The van der Waals surface area contributed by atoms with Crippen LogP contribution in [-0.2, 0) is 14.4 Å². The number of amides is 2. The maximum atomic E-state index is 12.1. The van der Waals surface area contributed by atoms with Crippen molar-refractivity contribution in [2.45, 2.75) is 53.1 Å². The van der Waals surface area contributed by atoms with Gasteiger partial charge in [0.1, 0.15) is 12.1 Å². The molecule has 0 fully saturated rings. The van der Waals surface area contributed by atoms with Crippen molar-refractivity contribution >= 4 is 17.8 Å². The molecule has 0 rings (SSSR count). The largest absolute Gasteiger partial charge is 0.480 e. The molecule has 110 valence electrons. The molecular formula is C13H24N2O4. The fraction of sp³-hybridized carbons (Fsp3) is 0.769. The minimum absolute atomic E-state index is 0.115. The molecule has 0 aromatic heterocycles. The minimum Gasteiger partial charge on any atom is -0.480 e. The lowest BCUT2D eigenvalue weighted by Gasteiger charge is -2.25. The molecule has 0 aliphatic rings. The zero-order valence-corrected chi connectivity index (χ0v) is 12.2. The fourth-order valence-corrected chi connectivity index (χ4v) is 1.68. The van der Waals surface area contributed by atoms with Crippen LogP contribution in [0.25, 0.3) is 0 Å². The summed E-state index contributed by atoms with van der Waals surface area (Å²) >= 11 is 0. The Hall–Kier alpha value is -1.59. The number of aliphatic carboxylic acids is 1. The molecule has 0 saturated carbocycles. The lowest BCUT2D eigenvalue weighted by atomic mass is 9.97. The normalized spacial score (nSPS) is 15.5. The second-order valence-corrected chi connectivity index (χ2v) is 5.13. The van der Waals surface area contributed by atoms with Crippen molar-refractivity contribution in [3.05, 3.63) is 0 Å². The van der Waals surface area contributed by atoms with E-state index < -0.39 is 24.0 Å². The molecule has 0 heterocycles. The average molecular weight is 272 g/mol. The molecule has 0 saturated heterocycles. The van der Waals surface area contributed by atoms with Crippen molar-refractivity contribution in [3.63, 3.8) is 0 Å². The summed E-state index contributed by atoms with van der Waals surface area (Å²) in [5.41, 5.74) is 0. The van der Waals surface area contributed by atoms with E-state index in [0.29, 0.717) is 6.42 Å². The van der Waals surface area contributed by atoms with Gasteiger partial charge in [0.25, 0.3) is 0 Å². The fourth-order valence-electron chi connectivity index (χ4n) is 1.68. The van der Waals surface area contributed by atoms with E-state index in [1.807, 2.05) is 6.92 Å². The third-order valence-corrected chi connectivity index (χ3v) is 3.08. The number of rotatable bonds is 7. The molecule has 6 nitrogen and oxygen atoms in total. The Labute approximate surface area is 113 Å². The van der Waals surface area contributed by atoms with E-state index in [-0.39, 0.29) is 17.7 Å². The van der Waals surface area contributed by atoms with Gasteiger partial charge in [-0.05, 0) is 11.8 Å². The number of hydrogen-bond donors (Lipinski definition) is 3. The summed E-state index contributed by atoms with van der Waals surface area (Å²) in [7, 11) is 0. The van der Waals surface area contributed by atoms with Crippen LogP contribution < -0.4 is 10.6 Å². The molecule has 0 aromatic rings. The predicted octanol–water partition coefficient (Wildman–Crippen LogP) is 0.763. The van der Waals surface area contributed by atoms with E-state index in [1.54, 1.807) is 20.8 Å². The maximum absolute atomic E-state index is 12.1. The van der Waals surface area contributed by atoms with Crippen molar-refractivity contribution in [2.24, 2.45) is 11.8 Å². The minimum atomic E-state index is -1.06. The summed E-state index contributed by atoms with van der Waals surface area (Å²) in [5.74, 6) is -2.13. The second kappa shape index (κ2) is 7.76. The van der Waals surface area contributed by atoms with E-state index in [9.17, 15) is 14.4 Å². The van der Waals surface area contributed by atoms with E-state index in [0.717, 1.165) is 0 Å². The quantitative estimate of drug-likeness (QED) is 0.637. The summed E-state index contributed by atoms with van der Waals surface area (Å²) in [4.78, 5) is 34.3. The van der Waals surface area contributed by atoms with Gasteiger partial charge in [0, 0.05) is 6.92 Å². The third-order valence-electron chi connectivity index (χ3n) is 3.08. The van der Waals surface area contributed by atoms with Crippen LogP contribution in [0, 0.1) is 11.8 Å². The van der Waals surface area contributed by atoms with Crippen molar-refractivity contribution in [3.8, 4) is 0 Å². The first-order valence-electron chi connectivity index (χ1n) is 6.50. The van der Waals surface area contributed by atoms with E-state index in [2.05, 4.69) is 10.6 Å². The molecule has 6 heteroatoms. The summed E-state index contributed by atoms with van der Waals surface area (Å²) in [6.45, 7) is 8.53. The molecule has 3 N–H and O–H groups in total. The Morgan fingerprint density at radius 3 is 1.89 bits per heavy atom. The lowest BCUT2D eigenvalue weighted by Crippen LogP contribution is -2.54. The van der Waals surface area contributed by atoms with Gasteiger partial charge in [-0.25, -0.2) is 4.79 Å². The Morgan fingerprint density at radius 1 is 1.05 bits per heavy atom. The molecule has 3 atom stereocenters. The van der Waals surface area contributed by atoms with Crippen LogP contribution in [0.5, 0.6) is 0 Å². The van der Waals surface area contributed by atoms with Gasteiger partial charge in [0.15, 0.2) is 0 Å². The highest BCUT2D eigenvalue weighted by atomic mass is 16.4. The van der Waals surface area contributed by atoms with Gasteiger partial charge >= 0.3 is 5.97 Å². The third kappa shape index (κ3) is 5.72. The van der Waals surface area contributed by atoms with Crippen molar-refractivity contribution in [1.82, 2.24) is 10.6 Å². The zero-order valence-electron chi connectivity index (χ0n) is 12.2. The zero-order chi connectivity index (χ0) is 15.2. The molecule has 0 aliphatic heterocycles. The summed E-state index contributed by atoms with van der Waals surface area (Å²) in [6.07, 6.45) is 0.643. The Morgan fingerprint density at radius 2 is 1.58 bits per heavy atom. The molecule has 0 bridgehead atoms. The molecule has 0 radical (unpaired) electrons. The molecule has 19 heavy (non-hydrogen) atoms. The van der Waals surface area contributed by atoms with Crippen molar-refractivity contribution < 1.29 is 19.5 Å². The number of hydrogen-bond acceptors (Lipinski definition) is 3. The highest BCUT2D eigenvalue weighted by Gasteiger charge is 2.30. The smallest absolute Gasteiger partial charge is 0.326 e. The molecule has 0 unspecified atom stereocenters. The van der Waals surface area contributed by atoms with Crippen molar-refractivity contribution in [2.75, 3.05) is 0 Å². The second-order valence-electron chi connectivity index (χ2n) is 5.13. The standard InChI is InChI=1S/C13H24N2O4/c1-6-8(4)11(13(18)19)15-12(17)10(7(2)3)14-9(5)16/h7-8,10-11H,6H2,1-5H3,(H,14,16)(H,15,17)(H,18,19)/t8-,10-,11+/m1/s1. The van der Waals surface area contributed by atoms with Crippen LogP contribution in [0.2, 0.25) is 0 Å².